The van der Waals surface area contributed by atoms with E-state index in [-0.39, 0.29) is 17.7 Å². The lowest BCUT2D eigenvalue weighted by Crippen LogP contribution is -2.35. The quantitative estimate of drug-likeness (QED) is 0.151. The van der Waals surface area contributed by atoms with Crippen LogP contribution in [0, 0.1) is 24.2 Å². The molecule has 6 rings (SSSR count). The molecular weight excluding hydrogens is 671 g/mol. The van der Waals surface area contributed by atoms with Crippen molar-refractivity contribution in [2.75, 3.05) is 17.6 Å². The zero-order valence-corrected chi connectivity index (χ0v) is 30.8. The molecule has 3 aromatic heterocycles. The van der Waals surface area contributed by atoms with Gasteiger partial charge < -0.3 is 5.32 Å². The molecule has 11 heteroatoms. The average Bonchev–Trinajstić information content (AvgIpc) is 3.60. The molecular formula is C41H45N7O3S. The number of benzene rings is 2. The molecule has 1 fully saturated rings. The first-order valence-electron chi connectivity index (χ1n) is 17.7. The molecule has 2 aromatic carbocycles. The van der Waals surface area contributed by atoms with Crippen molar-refractivity contribution in [3.63, 3.8) is 0 Å². The van der Waals surface area contributed by atoms with E-state index in [9.17, 15) is 13.2 Å². The van der Waals surface area contributed by atoms with E-state index in [2.05, 4.69) is 21.3 Å². The predicted octanol–water partition coefficient (Wildman–Crippen LogP) is 5.88. The lowest BCUT2D eigenvalue weighted by molar-refractivity contribution is -0.124. The first kappa shape index (κ1) is 36.5. The molecule has 10 nitrogen and oxygen atoms in total. The van der Waals surface area contributed by atoms with Gasteiger partial charge in [-0.25, -0.2) is 18.4 Å². The van der Waals surface area contributed by atoms with Gasteiger partial charge in [-0.2, -0.15) is 5.10 Å². The molecule has 3 heterocycles. The topological polar surface area (TPSA) is 123 Å². The number of rotatable bonds is 13. The van der Waals surface area contributed by atoms with Crippen LogP contribution < -0.4 is 9.62 Å². The summed E-state index contributed by atoms with van der Waals surface area (Å²) in [5, 5.41) is 7.47. The van der Waals surface area contributed by atoms with E-state index in [1.165, 1.54) is 10.6 Å². The molecule has 0 bridgehead atoms. The highest BCUT2D eigenvalue weighted by atomic mass is 32.2. The summed E-state index contributed by atoms with van der Waals surface area (Å²) < 4.78 is 27.6. The minimum Gasteiger partial charge on any atom is -0.351 e. The van der Waals surface area contributed by atoms with Gasteiger partial charge in [0.25, 0.3) is 0 Å². The zero-order valence-electron chi connectivity index (χ0n) is 29.9. The minimum absolute atomic E-state index is 0.00363. The molecule has 0 spiro atoms. The first-order valence-corrected chi connectivity index (χ1v) is 19.5. The number of aryl methyl sites for hydroxylation is 3. The van der Waals surface area contributed by atoms with Crippen LogP contribution in [0.4, 0.5) is 5.69 Å². The summed E-state index contributed by atoms with van der Waals surface area (Å²) in [7, 11) is 0.0430. The highest BCUT2D eigenvalue weighted by Crippen LogP contribution is 2.39. The molecule has 5 aromatic rings. The number of hydrogen-bond acceptors (Lipinski definition) is 7. The third kappa shape index (κ3) is 8.93. The van der Waals surface area contributed by atoms with Crippen LogP contribution in [0.5, 0.6) is 0 Å². The summed E-state index contributed by atoms with van der Waals surface area (Å²) >= 11 is 0. The Balaban J connectivity index is 1.13. The molecule has 1 N–H and O–H groups in total. The molecule has 1 atom stereocenters. The Labute approximate surface area is 306 Å². The Morgan fingerprint density at radius 1 is 0.962 bits per heavy atom. The van der Waals surface area contributed by atoms with Gasteiger partial charge in [-0.05, 0) is 73.6 Å². The predicted molar refractivity (Wildman–Crippen MR) is 204 cm³/mol. The van der Waals surface area contributed by atoms with Crippen molar-refractivity contribution in [3.05, 3.63) is 125 Å². The third-order valence-corrected chi connectivity index (χ3v) is 11.3. The number of carbonyl (C=O) groups excluding carboxylic acids is 1. The summed E-state index contributed by atoms with van der Waals surface area (Å²) in [5.74, 6) is 3.63. The van der Waals surface area contributed by atoms with Crippen LogP contribution >= 0.6 is 0 Å². The number of amides is 1. The van der Waals surface area contributed by atoms with Gasteiger partial charge in [0.05, 0.1) is 41.0 Å². The fourth-order valence-corrected chi connectivity index (χ4v) is 7.66. The molecule has 0 aliphatic heterocycles. The maximum atomic E-state index is 13.9. The Morgan fingerprint density at radius 3 is 2.38 bits per heavy atom. The van der Waals surface area contributed by atoms with Crippen molar-refractivity contribution in [3.8, 4) is 23.5 Å². The van der Waals surface area contributed by atoms with E-state index in [0.29, 0.717) is 36.6 Å². The van der Waals surface area contributed by atoms with Crippen molar-refractivity contribution < 1.29 is 13.2 Å². The van der Waals surface area contributed by atoms with Crippen LogP contribution in [0.2, 0.25) is 0 Å². The molecule has 268 valence electrons. The van der Waals surface area contributed by atoms with E-state index >= 15 is 0 Å². The van der Waals surface area contributed by atoms with Crippen molar-refractivity contribution >= 4 is 21.6 Å². The van der Waals surface area contributed by atoms with Gasteiger partial charge in [0.1, 0.15) is 5.82 Å². The maximum absolute atomic E-state index is 13.9. The minimum atomic E-state index is -3.41. The summed E-state index contributed by atoms with van der Waals surface area (Å²) in [6.45, 7) is 0.465. The van der Waals surface area contributed by atoms with Crippen molar-refractivity contribution in [1.29, 1.82) is 0 Å². The molecule has 1 aliphatic carbocycles. The number of nitrogens with one attached hydrogen (secondary N) is 1. The number of sulfonamides is 1. The second-order valence-electron chi connectivity index (χ2n) is 13.7. The second kappa shape index (κ2) is 16.3. The van der Waals surface area contributed by atoms with Crippen LogP contribution in [0.15, 0.2) is 91.5 Å². The van der Waals surface area contributed by atoms with E-state index < -0.39 is 10.0 Å². The van der Waals surface area contributed by atoms with Crippen LogP contribution in [0.3, 0.4) is 0 Å². The fourth-order valence-electron chi connectivity index (χ4n) is 7.13. The molecule has 1 saturated carbocycles. The maximum Gasteiger partial charge on any atom is 0.232 e. The van der Waals surface area contributed by atoms with Gasteiger partial charge in [0.2, 0.25) is 15.9 Å². The van der Waals surface area contributed by atoms with E-state index in [4.69, 9.17) is 16.4 Å². The summed E-state index contributed by atoms with van der Waals surface area (Å²) in [6, 6.07) is 21.5. The molecule has 0 radical (unpaired) electrons. The monoisotopic (exact) mass is 715 g/mol. The molecule has 52 heavy (non-hydrogen) atoms. The largest absolute Gasteiger partial charge is 0.351 e. The SMILES string of the molecule is C#Cc1cnc(C[C@H]2CC[C@H](C(C(=O)NCc3ccccc3)c3ccc(-c4cnn(C)c4)cn3)CC2)nc1CCc1ccccc1N(C)S(C)(=O)=O. The Kier molecular flexibility index (Phi) is 11.5. The highest BCUT2D eigenvalue weighted by molar-refractivity contribution is 7.92. The number of pyridine rings is 1. The highest BCUT2D eigenvalue weighted by Gasteiger charge is 2.34. The first-order chi connectivity index (χ1) is 25.1. The Bertz CT molecular complexity index is 2140. The molecule has 1 unspecified atom stereocenters. The lowest BCUT2D eigenvalue weighted by Gasteiger charge is -2.33. The Hall–Kier alpha value is -5.34. The van der Waals surface area contributed by atoms with Gasteiger partial charge in [0, 0.05) is 56.8 Å². The van der Waals surface area contributed by atoms with E-state index in [0.717, 1.165) is 71.6 Å². The van der Waals surface area contributed by atoms with Gasteiger partial charge in [-0.1, -0.05) is 60.5 Å². The average molecular weight is 716 g/mol. The van der Waals surface area contributed by atoms with Crippen molar-refractivity contribution in [2.45, 2.75) is 57.4 Å². The number of aromatic nitrogens is 5. The standard InChI is InChI=1S/C41H45N7O3S/c1-5-31-25-43-39(46-36(31)21-19-32-13-9-10-14-38(32)48(3)52(4,50)51)23-29-15-17-33(18-16-29)40(41(49)44-24-30-11-7-6-8-12-30)37-22-20-34(26-42-37)35-27-45-47(2)28-35/h1,6-14,20,22,25-29,33,40H,15-19,21,23-24H2,2-4H3,(H,44,49)/t29-,33-,40?. The van der Waals surface area contributed by atoms with Crippen LogP contribution in [0.25, 0.3) is 11.1 Å². The number of hydrogen-bond donors (Lipinski definition) is 1. The Morgan fingerprint density at radius 2 is 1.71 bits per heavy atom. The van der Waals surface area contributed by atoms with Gasteiger partial charge in [0.15, 0.2) is 0 Å². The normalized spacial score (nSPS) is 16.5. The summed E-state index contributed by atoms with van der Waals surface area (Å²) in [6.07, 6.45) is 19.9. The van der Waals surface area contributed by atoms with Gasteiger partial charge in [-0.3, -0.25) is 18.8 Å². The smallest absolute Gasteiger partial charge is 0.232 e. The van der Waals surface area contributed by atoms with Gasteiger partial charge >= 0.3 is 0 Å². The number of anilines is 1. The molecule has 1 aliphatic rings. The number of terminal acetylenes is 1. The zero-order chi connectivity index (χ0) is 36.7. The number of nitrogens with zero attached hydrogens (tertiary/aromatic N) is 6. The second-order valence-corrected chi connectivity index (χ2v) is 15.7. The van der Waals surface area contributed by atoms with Crippen LogP contribution in [-0.2, 0) is 47.7 Å². The molecule has 1 amide bonds. The van der Waals surface area contributed by atoms with E-state index in [1.54, 1.807) is 17.9 Å². The molecule has 0 saturated heterocycles. The van der Waals surface area contributed by atoms with Crippen LogP contribution in [-0.4, -0.2) is 52.4 Å². The summed E-state index contributed by atoms with van der Waals surface area (Å²) in [4.78, 5) is 28.3. The lowest BCUT2D eigenvalue weighted by atomic mass is 9.73. The van der Waals surface area contributed by atoms with Crippen molar-refractivity contribution in [1.82, 2.24) is 30.0 Å². The summed E-state index contributed by atoms with van der Waals surface area (Å²) in [5.41, 5.74) is 6.76. The number of para-hydroxylation sites is 1. The van der Waals surface area contributed by atoms with Crippen LogP contribution in [0.1, 0.15) is 65.5 Å². The number of carbonyl (C=O) groups is 1. The fraction of sp³-hybridized carbons (Fsp3) is 0.341. The third-order valence-electron chi connectivity index (χ3n) is 10.1. The van der Waals surface area contributed by atoms with Gasteiger partial charge in [-0.15, -0.1) is 6.42 Å². The van der Waals surface area contributed by atoms with E-state index in [1.807, 2.05) is 92.4 Å². The van der Waals surface area contributed by atoms with Crippen molar-refractivity contribution in [2.24, 2.45) is 18.9 Å².